The van der Waals surface area contributed by atoms with E-state index >= 15 is 0 Å². The molecule has 1 amide bonds. The van der Waals surface area contributed by atoms with E-state index < -0.39 is 6.04 Å². The van der Waals surface area contributed by atoms with E-state index in [-0.39, 0.29) is 12.5 Å². The maximum absolute atomic E-state index is 11.9. The minimum atomic E-state index is -0.552. The maximum Gasteiger partial charge on any atom is 0.237 e. The molecule has 0 aliphatic carbocycles. The fourth-order valence-electron chi connectivity index (χ4n) is 2.21. The van der Waals surface area contributed by atoms with Crippen molar-refractivity contribution >= 4 is 16.8 Å². The zero-order valence-corrected chi connectivity index (χ0v) is 11.4. The van der Waals surface area contributed by atoms with Gasteiger partial charge >= 0.3 is 0 Å². The van der Waals surface area contributed by atoms with Crippen LogP contribution in [0.4, 0.5) is 0 Å². The van der Waals surface area contributed by atoms with Gasteiger partial charge in [-0.2, -0.15) is 0 Å². The molecule has 20 heavy (non-hydrogen) atoms. The number of aromatic nitrogens is 1. The number of nitrogens with two attached hydrogens (primary N) is 1. The van der Waals surface area contributed by atoms with Gasteiger partial charge in [-0.15, -0.1) is 0 Å². The Morgan fingerprint density at radius 3 is 2.95 bits per heavy atom. The Balaban J connectivity index is 1.90. The predicted molar refractivity (Wildman–Crippen MR) is 79.3 cm³/mol. The SMILES string of the molecule is NC(Cc1c[nH]c2ccccc12)C(=O)NCCCCO. The molecule has 0 spiro atoms. The summed E-state index contributed by atoms with van der Waals surface area (Å²) in [6.45, 7) is 0.707. The molecule has 2 rings (SSSR count). The van der Waals surface area contributed by atoms with Gasteiger partial charge in [-0.3, -0.25) is 4.79 Å². The van der Waals surface area contributed by atoms with Crippen LogP contribution in [0.1, 0.15) is 18.4 Å². The van der Waals surface area contributed by atoms with Crippen molar-refractivity contribution in [2.45, 2.75) is 25.3 Å². The van der Waals surface area contributed by atoms with Crippen molar-refractivity contribution in [3.63, 3.8) is 0 Å². The smallest absolute Gasteiger partial charge is 0.237 e. The van der Waals surface area contributed by atoms with Crippen molar-refractivity contribution in [1.29, 1.82) is 0 Å². The van der Waals surface area contributed by atoms with Crippen LogP contribution in [0.3, 0.4) is 0 Å². The summed E-state index contributed by atoms with van der Waals surface area (Å²) >= 11 is 0. The van der Waals surface area contributed by atoms with Crippen molar-refractivity contribution in [3.8, 4) is 0 Å². The Bertz CT molecular complexity index is 565. The number of unbranched alkanes of at least 4 members (excludes halogenated alkanes) is 1. The summed E-state index contributed by atoms with van der Waals surface area (Å²) in [5, 5.41) is 12.6. The number of carbonyl (C=O) groups excluding carboxylic acids is 1. The number of aromatic amines is 1. The molecule has 1 heterocycles. The quantitative estimate of drug-likeness (QED) is 0.566. The minimum Gasteiger partial charge on any atom is -0.396 e. The van der Waals surface area contributed by atoms with Gasteiger partial charge in [0.2, 0.25) is 5.91 Å². The third-order valence-electron chi connectivity index (χ3n) is 3.34. The van der Waals surface area contributed by atoms with Gasteiger partial charge in [-0.05, 0) is 30.9 Å². The van der Waals surface area contributed by atoms with Crippen molar-refractivity contribution in [3.05, 3.63) is 36.0 Å². The Labute approximate surface area is 118 Å². The van der Waals surface area contributed by atoms with Gasteiger partial charge in [0.05, 0.1) is 6.04 Å². The van der Waals surface area contributed by atoms with Gasteiger partial charge < -0.3 is 21.1 Å². The Morgan fingerprint density at radius 2 is 2.15 bits per heavy atom. The lowest BCUT2D eigenvalue weighted by Crippen LogP contribution is -2.42. The van der Waals surface area contributed by atoms with E-state index in [1.54, 1.807) is 0 Å². The lowest BCUT2D eigenvalue weighted by atomic mass is 10.1. The van der Waals surface area contributed by atoms with Gasteiger partial charge in [0.1, 0.15) is 0 Å². The molecule has 5 N–H and O–H groups in total. The first-order valence-electron chi connectivity index (χ1n) is 6.91. The molecular formula is C15H21N3O2. The monoisotopic (exact) mass is 275 g/mol. The highest BCUT2D eigenvalue weighted by atomic mass is 16.2. The number of aliphatic hydroxyl groups excluding tert-OH is 1. The summed E-state index contributed by atoms with van der Waals surface area (Å²) in [7, 11) is 0. The standard InChI is InChI=1S/C15H21N3O2/c16-13(15(20)17-7-3-4-8-19)9-11-10-18-14-6-2-1-5-12(11)14/h1-2,5-6,10,13,18-19H,3-4,7-9,16H2,(H,17,20). The number of carbonyl (C=O) groups is 1. The van der Waals surface area contributed by atoms with E-state index in [9.17, 15) is 4.79 Å². The molecule has 1 unspecified atom stereocenters. The van der Waals surface area contributed by atoms with E-state index in [0.29, 0.717) is 19.4 Å². The van der Waals surface area contributed by atoms with Crippen LogP contribution in [0.2, 0.25) is 0 Å². The Morgan fingerprint density at radius 1 is 1.35 bits per heavy atom. The number of nitrogens with one attached hydrogen (secondary N) is 2. The third kappa shape index (κ3) is 3.59. The topological polar surface area (TPSA) is 91.1 Å². The van der Waals surface area contributed by atoms with Crippen LogP contribution in [-0.2, 0) is 11.2 Å². The molecule has 0 aliphatic heterocycles. The molecule has 1 atom stereocenters. The number of benzene rings is 1. The molecule has 2 aromatic rings. The molecule has 5 heteroatoms. The normalized spacial score (nSPS) is 12.5. The molecule has 0 fully saturated rings. The largest absolute Gasteiger partial charge is 0.396 e. The highest BCUT2D eigenvalue weighted by Gasteiger charge is 2.15. The number of para-hydroxylation sites is 1. The zero-order valence-electron chi connectivity index (χ0n) is 11.4. The number of aliphatic hydroxyl groups is 1. The lowest BCUT2D eigenvalue weighted by Gasteiger charge is -2.11. The highest BCUT2D eigenvalue weighted by Crippen LogP contribution is 2.18. The third-order valence-corrected chi connectivity index (χ3v) is 3.34. The maximum atomic E-state index is 11.9. The first-order chi connectivity index (χ1) is 9.72. The molecule has 0 radical (unpaired) electrons. The number of hydrogen-bond acceptors (Lipinski definition) is 3. The molecule has 5 nitrogen and oxygen atoms in total. The second-order valence-electron chi connectivity index (χ2n) is 4.89. The first kappa shape index (κ1) is 14.6. The van der Waals surface area contributed by atoms with Crippen LogP contribution in [-0.4, -0.2) is 35.2 Å². The summed E-state index contributed by atoms with van der Waals surface area (Å²) in [5.74, 6) is -0.145. The van der Waals surface area contributed by atoms with Crippen LogP contribution in [0.15, 0.2) is 30.5 Å². The van der Waals surface area contributed by atoms with Crippen molar-refractivity contribution in [2.24, 2.45) is 5.73 Å². The fourth-order valence-corrected chi connectivity index (χ4v) is 2.21. The fraction of sp³-hybridized carbons (Fsp3) is 0.400. The minimum absolute atomic E-state index is 0.145. The van der Waals surface area contributed by atoms with E-state index in [4.69, 9.17) is 10.8 Å². The molecule has 0 saturated heterocycles. The van der Waals surface area contributed by atoms with E-state index in [2.05, 4.69) is 10.3 Å². The second kappa shape index (κ2) is 7.07. The van der Waals surface area contributed by atoms with Crippen LogP contribution >= 0.6 is 0 Å². The van der Waals surface area contributed by atoms with Crippen LogP contribution in [0.5, 0.6) is 0 Å². The number of hydrogen-bond donors (Lipinski definition) is 4. The molecule has 108 valence electrons. The Hall–Kier alpha value is -1.85. The highest BCUT2D eigenvalue weighted by molar-refractivity contribution is 5.86. The lowest BCUT2D eigenvalue weighted by molar-refractivity contribution is -0.122. The molecule has 0 saturated carbocycles. The summed E-state index contributed by atoms with van der Waals surface area (Å²) < 4.78 is 0. The Kier molecular flexibility index (Phi) is 5.15. The molecular weight excluding hydrogens is 254 g/mol. The van der Waals surface area contributed by atoms with Gasteiger partial charge in [0, 0.05) is 30.3 Å². The number of amides is 1. The number of fused-ring (bicyclic) bond motifs is 1. The van der Waals surface area contributed by atoms with Crippen molar-refractivity contribution in [1.82, 2.24) is 10.3 Å². The summed E-state index contributed by atoms with van der Waals surface area (Å²) in [4.78, 5) is 15.0. The molecule has 0 bridgehead atoms. The summed E-state index contributed by atoms with van der Waals surface area (Å²) in [5.41, 5.74) is 8.05. The molecule has 0 aliphatic rings. The first-order valence-corrected chi connectivity index (χ1v) is 6.91. The van der Waals surface area contributed by atoms with Gasteiger partial charge in [-0.25, -0.2) is 0 Å². The van der Waals surface area contributed by atoms with Crippen LogP contribution in [0.25, 0.3) is 10.9 Å². The van der Waals surface area contributed by atoms with Gasteiger partial charge in [0.25, 0.3) is 0 Å². The average Bonchev–Trinajstić information content (AvgIpc) is 2.87. The van der Waals surface area contributed by atoms with E-state index in [1.807, 2.05) is 30.5 Å². The summed E-state index contributed by atoms with van der Waals surface area (Å²) in [6, 6.07) is 7.41. The number of H-pyrrole nitrogens is 1. The van der Waals surface area contributed by atoms with E-state index in [1.165, 1.54) is 0 Å². The molecule has 1 aromatic heterocycles. The summed E-state index contributed by atoms with van der Waals surface area (Å²) in [6.07, 6.45) is 3.87. The average molecular weight is 275 g/mol. The van der Waals surface area contributed by atoms with Crippen molar-refractivity contribution < 1.29 is 9.90 Å². The van der Waals surface area contributed by atoms with E-state index in [0.717, 1.165) is 22.9 Å². The van der Waals surface area contributed by atoms with Crippen LogP contribution in [0, 0.1) is 0 Å². The van der Waals surface area contributed by atoms with Gasteiger partial charge in [0.15, 0.2) is 0 Å². The van der Waals surface area contributed by atoms with Crippen molar-refractivity contribution in [2.75, 3.05) is 13.2 Å². The van der Waals surface area contributed by atoms with Crippen LogP contribution < -0.4 is 11.1 Å². The second-order valence-corrected chi connectivity index (χ2v) is 4.89. The predicted octanol–water partition coefficient (Wildman–Crippen LogP) is 0.926. The van der Waals surface area contributed by atoms with Gasteiger partial charge in [-0.1, -0.05) is 18.2 Å². The zero-order chi connectivity index (χ0) is 14.4. The number of rotatable bonds is 7. The molecule has 1 aromatic carbocycles.